The van der Waals surface area contributed by atoms with Crippen LogP contribution < -0.4 is 24.8 Å². The van der Waals surface area contributed by atoms with Crippen molar-refractivity contribution in [2.75, 3.05) is 32.0 Å². The predicted octanol–water partition coefficient (Wildman–Crippen LogP) is 4.44. The van der Waals surface area contributed by atoms with E-state index < -0.39 is 0 Å². The van der Waals surface area contributed by atoms with Gasteiger partial charge in [0.2, 0.25) is 11.7 Å². The van der Waals surface area contributed by atoms with Crippen molar-refractivity contribution in [2.45, 2.75) is 6.92 Å². The summed E-state index contributed by atoms with van der Waals surface area (Å²) in [6.07, 6.45) is 0. The molecule has 0 amide bonds. The fraction of sp³-hybridized carbons (Fsp3) is 0.200. The van der Waals surface area contributed by atoms with Crippen molar-refractivity contribution in [2.24, 2.45) is 0 Å². The maximum Gasteiger partial charge on any atom is 0.229 e. The van der Waals surface area contributed by atoms with Gasteiger partial charge in [0.25, 0.3) is 0 Å². The molecule has 0 atom stereocenters. The summed E-state index contributed by atoms with van der Waals surface area (Å²) in [7, 11) is 4.64. The van der Waals surface area contributed by atoms with E-state index in [1.54, 1.807) is 57.7 Å². The van der Waals surface area contributed by atoms with Gasteiger partial charge in [0.05, 0.1) is 27.0 Å². The molecule has 1 aromatic heterocycles. The molecule has 0 saturated carbocycles. The molecule has 1 heterocycles. The van der Waals surface area contributed by atoms with E-state index in [-0.39, 0.29) is 11.8 Å². The molecule has 28 heavy (non-hydrogen) atoms. The molecule has 7 nitrogen and oxygen atoms in total. The first-order valence-corrected chi connectivity index (χ1v) is 8.48. The van der Waals surface area contributed by atoms with Crippen LogP contribution in [-0.4, -0.2) is 31.3 Å². The Labute approximate surface area is 162 Å². The number of aryl methyl sites for hydroxylation is 1. The third kappa shape index (κ3) is 4.22. The number of ether oxygens (including phenoxy) is 3. The zero-order chi connectivity index (χ0) is 20.1. The Morgan fingerprint density at radius 2 is 1.54 bits per heavy atom. The minimum atomic E-state index is -0.383. The number of rotatable bonds is 7. The summed E-state index contributed by atoms with van der Waals surface area (Å²) in [5.41, 5.74) is 1.69. The Bertz CT molecular complexity index is 956. The Balaban J connectivity index is 1.91. The van der Waals surface area contributed by atoms with E-state index in [4.69, 9.17) is 14.2 Å². The molecule has 0 fully saturated rings. The molecule has 0 aliphatic carbocycles. The highest BCUT2D eigenvalue weighted by Gasteiger charge is 2.14. The van der Waals surface area contributed by atoms with E-state index in [0.29, 0.717) is 40.1 Å². The molecular weight excluding hydrogens is 363 g/mol. The topological polar surface area (TPSA) is 77.5 Å². The van der Waals surface area contributed by atoms with Gasteiger partial charge in [-0.05, 0) is 19.1 Å². The highest BCUT2D eigenvalue weighted by molar-refractivity contribution is 5.67. The smallest absolute Gasteiger partial charge is 0.229 e. The van der Waals surface area contributed by atoms with Crippen LogP contribution in [0.4, 0.5) is 27.5 Å². The van der Waals surface area contributed by atoms with Gasteiger partial charge in [-0.2, -0.15) is 4.98 Å². The van der Waals surface area contributed by atoms with Gasteiger partial charge in [-0.25, -0.2) is 9.37 Å². The molecule has 0 spiro atoms. The van der Waals surface area contributed by atoms with E-state index in [0.717, 1.165) is 0 Å². The van der Waals surface area contributed by atoms with Gasteiger partial charge >= 0.3 is 0 Å². The van der Waals surface area contributed by atoms with Crippen LogP contribution in [0.25, 0.3) is 0 Å². The minimum absolute atomic E-state index is 0.278. The zero-order valence-electron chi connectivity index (χ0n) is 16.0. The van der Waals surface area contributed by atoms with E-state index in [9.17, 15) is 4.39 Å². The third-order valence-electron chi connectivity index (χ3n) is 3.91. The summed E-state index contributed by atoms with van der Waals surface area (Å²) >= 11 is 0. The molecule has 0 unspecified atom stereocenters. The van der Waals surface area contributed by atoms with Gasteiger partial charge in [-0.1, -0.05) is 12.1 Å². The maximum atomic E-state index is 13.9. The number of nitrogens with zero attached hydrogens (tertiary/aromatic N) is 2. The van der Waals surface area contributed by atoms with E-state index >= 15 is 0 Å². The monoisotopic (exact) mass is 384 g/mol. The van der Waals surface area contributed by atoms with Gasteiger partial charge < -0.3 is 24.8 Å². The summed E-state index contributed by atoms with van der Waals surface area (Å²) in [5, 5.41) is 6.08. The first-order valence-electron chi connectivity index (χ1n) is 8.48. The first kappa shape index (κ1) is 19.2. The Kier molecular flexibility index (Phi) is 5.78. The normalized spacial score (nSPS) is 10.3. The molecule has 2 N–H and O–H groups in total. The van der Waals surface area contributed by atoms with E-state index in [1.807, 2.05) is 6.92 Å². The van der Waals surface area contributed by atoms with E-state index in [2.05, 4.69) is 20.6 Å². The van der Waals surface area contributed by atoms with Crippen LogP contribution >= 0.6 is 0 Å². The van der Waals surface area contributed by atoms with Crippen LogP contribution in [0.1, 0.15) is 5.69 Å². The molecule has 3 rings (SSSR count). The quantitative estimate of drug-likeness (QED) is 0.624. The summed E-state index contributed by atoms with van der Waals surface area (Å²) in [6, 6.07) is 11.6. The van der Waals surface area contributed by atoms with Gasteiger partial charge in [-0.3, -0.25) is 0 Å². The first-order chi connectivity index (χ1) is 13.5. The van der Waals surface area contributed by atoms with Crippen molar-refractivity contribution in [1.29, 1.82) is 0 Å². The zero-order valence-corrected chi connectivity index (χ0v) is 16.0. The lowest BCUT2D eigenvalue weighted by Crippen LogP contribution is -2.04. The van der Waals surface area contributed by atoms with Crippen molar-refractivity contribution in [1.82, 2.24) is 9.97 Å². The summed E-state index contributed by atoms with van der Waals surface area (Å²) in [4.78, 5) is 8.71. The molecule has 0 saturated heterocycles. The number of hydrogen-bond donors (Lipinski definition) is 2. The van der Waals surface area contributed by atoms with Crippen molar-refractivity contribution in [3.63, 3.8) is 0 Å². The number of benzene rings is 2. The van der Waals surface area contributed by atoms with Crippen molar-refractivity contribution in [3.8, 4) is 17.2 Å². The molecule has 0 radical (unpaired) electrons. The molecule has 8 heteroatoms. The number of aromatic nitrogens is 2. The van der Waals surface area contributed by atoms with Crippen LogP contribution in [-0.2, 0) is 0 Å². The minimum Gasteiger partial charge on any atom is -0.493 e. The second kappa shape index (κ2) is 8.43. The van der Waals surface area contributed by atoms with Crippen molar-refractivity contribution >= 4 is 23.1 Å². The Morgan fingerprint density at radius 3 is 2.14 bits per heavy atom. The standard InChI is InChI=1S/C20H21FN4O3/c1-12-9-18(25-20(22-12)24-15-8-6-5-7-14(15)21)23-13-10-16(26-2)19(28-4)17(11-13)27-3/h5-11H,1-4H3,(H2,22,23,24,25). The van der Waals surface area contributed by atoms with Crippen LogP contribution in [0.3, 0.4) is 0 Å². The number of para-hydroxylation sites is 1. The largest absolute Gasteiger partial charge is 0.493 e. The number of anilines is 4. The number of hydrogen-bond acceptors (Lipinski definition) is 7. The van der Waals surface area contributed by atoms with Crippen LogP contribution in [0.15, 0.2) is 42.5 Å². The Hall–Kier alpha value is -3.55. The van der Waals surface area contributed by atoms with Gasteiger partial charge in [0.15, 0.2) is 11.5 Å². The second-order valence-corrected chi connectivity index (χ2v) is 5.86. The van der Waals surface area contributed by atoms with Crippen molar-refractivity contribution in [3.05, 3.63) is 54.0 Å². The molecule has 2 aromatic carbocycles. The van der Waals surface area contributed by atoms with Crippen molar-refractivity contribution < 1.29 is 18.6 Å². The summed E-state index contributed by atoms with van der Waals surface area (Å²) in [6.45, 7) is 1.83. The average molecular weight is 384 g/mol. The molecular formula is C20H21FN4O3. The fourth-order valence-corrected chi connectivity index (χ4v) is 2.67. The van der Waals surface area contributed by atoms with Gasteiger partial charge in [-0.15, -0.1) is 0 Å². The van der Waals surface area contributed by atoms with Gasteiger partial charge in [0.1, 0.15) is 11.6 Å². The molecule has 0 aliphatic heterocycles. The number of methoxy groups -OCH3 is 3. The van der Waals surface area contributed by atoms with E-state index in [1.165, 1.54) is 6.07 Å². The lowest BCUT2D eigenvalue weighted by atomic mass is 10.2. The number of nitrogens with one attached hydrogen (secondary N) is 2. The molecule has 3 aromatic rings. The maximum absolute atomic E-state index is 13.9. The lowest BCUT2D eigenvalue weighted by molar-refractivity contribution is 0.324. The highest BCUT2D eigenvalue weighted by atomic mass is 19.1. The molecule has 0 aliphatic rings. The average Bonchev–Trinajstić information content (AvgIpc) is 2.68. The van der Waals surface area contributed by atoms with Crippen LogP contribution in [0, 0.1) is 12.7 Å². The van der Waals surface area contributed by atoms with Gasteiger partial charge in [0, 0.05) is 29.6 Å². The fourth-order valence-electron chi connectivity index (χ4n) is 2.67. The highest BCUT2D eigenvalue weighted by Crippen LogP contribution is 2.40. The lowest BCUT2D eigenvalue weighted by Gasteiger charge is -2.15. The number of halogens is 1. The second-order valence-electron chi connectivity index (χ2n) is 5.86. The predicted molar refractivity (Wildman–Crippen MR) is 106 cm³/mol. The Morgan fingerprint density at radius 1 is 0.857 bits per heavy atom. The molecule has 0 bridgehead atoms. The summed E-state index contributed by atoms with van der Waals surface area (Å²) < 4.78 is 29.9. The third-order valence-corrected chi connectivity index (χ3v) is 3.91. The SMILES string of the molecule is COc1cc(Nc2cc(C)nc(Nc3ccccc3F)n2)cc(OC)c1OC. The summed E-state index contributed by atoms with van der Waals surface area (Å²) in [5.74, 6) is 1.95. The van der Waals surface area contributed by atoms with Crippen LogP contribution in [0.2, 0.25) is 0 Å². The van der Waals surface area contributed by atoms with Crippen LogP contribution in [0.5, 0.6) is 17.2 Å². The molecule has 146 valence electrons.